The molecule has 1 atom stereocenters. The molecule has 2 aliphatic rings. The van der Waals surface area contributed by atoms with Crippen molar-refractivity contribution in [3.05, 3.63) is 41.5 Å². The number of aromatic hydroxyl groups is 1. The smallest absolute Gasteiger partial charge is 0.231 e. The van der Waals surface area contributed by atoms with Crippen LogP contribution in [0.2, 0.25) is 0 Å². The van der Waals surface area contributed by atoms with Crippen LogP contribution in [0.4, 0.5) is 0 Å². The molecular formula is C18H16O6. The van der Waals surface area contributed by atoms with E-state index in [0.29, 0.717) is 23.0 Å². The van der Waals surface area contributed by atoms with Gasteiger partial charge >= 0.3 is 0 Å². The van der Waals surface area contributed by atoms with Crippen LogP contribution in [-0.4, -0.2) is 32.4 Å². The molecule has 6 nitrogen and oxygen atoms in total. The average Bonchev–Trinajstić information content (AvgIpc) is 3.06. The predicted octanol–water partition coefficient (Wildman–Crippen LogP) is 3.04. The number of phenols is 1. The maximum absolute atomic E-state index is 9.63. The fourth-order valence-electron chi connectivity index (χ4n) is 2.86. The number of methoxy groups -OCH3 is 2. The lowest BCUT2D eigenvalue weighted by atomic mass is 9.98. The number of fused-ring (bicyclic) bond motifs is 2. The molecule has 0 radical (unpaired) electrons. The molecule has 2 aromatic carbocycles. The van der Waals surface area contributed by atoms with Crippen LogP contribution in [0, 0.1) is 0 Å². The first-order valence-corrected chi connectivity index (χ1v) is 7.41. The maximum Gasteiger partial charge on any atom is 0.231 e. The lowest BCUT2D eigenvalue weighted by Gasteiger charge is -2.27. The Kier molecular flexibility index (Phi) is 3.46. The van der Waals surface area contributed by atoms with Gasteiger partial charge in [0.25, 0.3) is 0 Å². The zero-order valence-corrected chi connectivity index (χ0v) is 13.2. The van der Waals surface area contributed by atoms with E-state index < -0.39 is 6.29 Å². The molecule has 0 aliphatic carbocycles. The van der Waals surface area contributed by atoms with Crippen LogP contribution in [0.5, 0.6) is 28.7 Å². The van der Waals surface area contributed by atoms with Gasteiger partial charge in [-0.3, -0.25) is 0 Å². The third-order valence-corrected chi connectivity index (χ3v) is 4.02. The molecule has 24 heavy (non-hydrogen) atoms. The van der Waals surface area contributed by atoms with E-state index >= 15 is 0 Å². The number of ether oxygens (including phenoxy) is 5. The van der Waals surface area contributed by atoms with Gasteiger partial charge in [-0.05, 0) is 24.3 Å². The molecule has 2 heterocycles. The van der Waals surface area contributed by atoms with Gasteiger partial charge in [-0.1, -0.05) is 0 Å². The minimum Gasteiger partial charge on any atom is -0.508 e. The van der Waals surface area contributed by atoms with E-state index in [-0.39, 0.29) is 12.5 Å². The molecule has 124 valence electrons. The van der Waals surface area contributed by atoms with Gasteiger partial charge in [0, 0.05) is 35.9 Å². The number of phenolic OH excluding ortho intramolecular Hbond substituents is 1. The van der Waals surface area contributed by atoms with E-state index in [1.165, 1.54) is 0 Å². The zero-order chi connectivity index (χ0) is 16.7. The molecule has 4 rings (SSSR count). The largest absolute Gasteiger partial charge is 0.508 e. The van der Waals surface area contributed by atoms with Crippen LogP contribution in [0.1, 0.15) is 11.1 Å². The van der Waals surface area contributed by atoms with Gasteiger partial charge in [-0.15, -0.1) is 0 Å². The summed E-state index contributed by atoms with van der Waals surface area (Å²) >= 11 is 0. The molecule has 0 saturated carbocycles. The summed E-state index contributed by atoms with van der Waals surface area (Å²) in [6, 6.07) is 8.60. The predicted molar refractivity (Wildman–Crippen MR) is 86.5 cm³/mol. The number of hydrogen-bond donors (Lipinski definition) is 1. The first-order valence-electron chi connectivity index (χ1n) is 7.41. The van der Waals surface area contributed by atoms with E-state index in [9.17, 15) is 5.11 Å². The van der Waals surface area contributed by atoms with Crippen molar-refractivity contribution in [2.24, 2.45) is 0 Å². The summed E-state index contributed by atoms with van der Waals surface area (Å²) in [5.41, 5.74) is 2.44. The fraction of sp³-hybridized carbons (Fsp3) is 0.222. The van der Waals surface area contributed by atoms with Crippen molar-refractivity contribution in [2.75, 3.05) is 21.0 Å². The second-order valence-electron chi connectivity index (χ2n) is 5.41. The third-order valence-electron chi connectivity index (χ3n) is 4.02. The van der Waals surface area contributed by atoms with Crippen LogP contribution >= 0.6 is 0 Å². The Bertz CT molecular complexity index is 826. The van der Waals surface area contributed by atoms with Crippen LogP contribution in [-0.2, 0) is 4.74 Å². The van der Waals surface area contributed by atoms with E-state index in [4.69, 9.17) is 23.7 Å². The van der Waals surface area contributed by atoms with Gasteiger partial charge in [-0.2, -0.15) is 0 Å². The lowest BCUT2D eigenvalue weighted by molar-refractivity contribution is -0.00917. The Labute approximate surface area is 138 Å². The van der Waals surface area contributed by atoms with Crippen LogP contribution in [0.15, 0.2) is 30.3 Å². The monoisotopic (exact) mass is 328 g/mol. The topological polar surface area (TPSA) is 66.4 Å². The lowest BCUT2D eigenvalue weighted by Crippen LogP contribution is -2.24. The Morgan fingerprint density at radius 1 is 1.04 bits per heavy atom. The highest BCUT2D eigenvalue weighted by atomic mass is 16.7. The van der Waals surface area contributed by atoms with Gasteiger partial charge in [0.1, 0.15) is 17.2 Å². The first kappa shape index (κ1) is 14.7. The normalized spacial score (nSPS) is 17.8. The molecule has 0 aromatic heterocycles. The minimum absolute atomic E-state index is 0.140. The Balaban J connectivity index is 1.86. The number of rotatable bonds is 3. The molecule has 6 heteroatoms. The average molecular weight is 328 g/mol. The molecule has 1 N–H and O–H groups in total. The second-order valence-corrected chi connectivity index (χ2v) is 5.41. The van der Waals surface area contributed by atoms with E-state index in [2.05, 4.69) is 0 Å². The minimum atomic E-state index is -0.631. The Morgan fingerprint density at radius 3 is 2.58 bits per heavy atom. The van der Waals surface area contributed by atoms with Crippen molar-refractivity contribution < 1.29 is 28.8 Å². The summed E-state index contributed by atoms with van der Waals surface area (Å²) in [5.74, 6) is 2.63. The molecule has 1 unspecified atom stereocenters. The van der Waals surface area contributed by atoms with E-state index in [1.807, 2.05) is 12.1 Å². The fourth-order valence-corrected chi connectivity index (χ4v) is 2.86. The van der Waals surface area contributed by atoms with Crippen LogP contribution in [0.25, 0.3) is 11.6 Å². The second kappa shape index (κ2) is 5.65. The third kappa shape index (κ3) is 2.32. The highest BCUT2D eigenvalue weighted by Crippen LogP contribution is 2.44. The number of hydrogen-bond acceptors (Lipinski definition) is 6. The summed E-state index contributed by atoms with van der Waals surface area (Å²) < 4.78 is 27.7. The molecule has 0 bridgehead atoms. The molecule has 2 aliphatic heterocycles. The van der Waals surface area contributed by atoms with Gasteiger partial charge in [-0.25, -0.2) is 0 Å². The highest BCUT2D eigenvalue weighted by molar-refractivity contribution is 5.89. The summed E-state index contributed by atoms with van der Waals surface area (Å²) in [4.78, 5) is 0. The van der Waals surface area contributed by atoms with Crippen molar-refractivity contribution in [3.8, 4) is 28.7 Å². The van der Waals surface area contributed by atoms with Gasteiger partial charge in [0.15, 0.2) is 11.5 Å². The van der Waals surface area contributed by atoms with Gasteiger partial charge < -0.3 is 28.8 Å². The number of benzene rings is 2. The Hall–Kier alpha value is -2.86. The molecular weight excluding hydrogens is 312 g/mol. The van der Waals surface area contributed by atoms with Crippen molar-refractivity contribution in [2.45, 2.75) is 6.29 Å². The quantitative estimate of drug-likeness (QED) is 0.934. The first-order chi connectivity index (χ1) is 11.7. The molecule has 2 aromatic rings. The van der Waals surface area contributed by atoms with Crippen molar-refractivity contribution in [3.63, 3.8) is 0 Å². The molecule has 0 saturated heterocycles. The Morgan fingerprint density at radius 2 is 1.83 bits per heavy atom. The van der Waals surface area contributed by atoms with Crippen LogP contribution in [0.3, 0.4) is 0 Å². The summed E-state index contributed by atoms with van der Waals surface area (Å²) in [5, 5.41) is 9.63. The van der Waals surface area contributed by atoms with E-state index in [1.54, 1.807) is 38.5 Å². The molecule has 0 spiro atoms. The standard InChI is InChI=1S/C18H16O6/c1-20-15-8-17-16(22-9-23-17)7-12(15)13-5-10-3-4-11(19)6-14(10)24-18(13)21-2/h3-8,18-19H,9H2,1-2H3. The van der Waals surface area contributed by atoms with Crippen molar-refractivity contribution in [1.29, 1.82) is 0 Å². The zero-order valence-electron chi connectivity index (χ0n) is 13.2. The van der Waals surface area contributed by atoms with Gasteiger partial charge in [0.05, 0.1) is 7.11 Å². The van der Waals surface area contributed by atoms with Crippen LogP contribution < -0.4 is 18.9 Å². The summed E-state index contributed by atoms with van der Waals surface area (Å²) in [6.07, 6.45) is 1.32. The maximum atomic E-state index is 9.63. The summed E-state index contributed by atoms with van der Waals surface area (Å²) in [6.45, 7) is 0.188. The SMILES string of the molecule is COc1cc2c(cc1C1=Cc3ccc(O)cc3OC1OC)OCO2. The van der Waals surface area contributed by atoms with E-state index in [0.717, 1.165) is 16.7 Å². The molecule has 0 fully saturated rings. The molecule has 0 amide bonds. The summed E-state index contributed by atoms with van der Waals surface area (Å²) in [7, 11) is 3.16. The van der Waals surface area contributed by atoms with Gasteiger partial charge in [0.2, 0.25) is 13.1 Å². The van der Waals surface area contributed by atoms with Crippen molar-refractivity contribution >= 4 is 11.6 Å². The van der Waals surface area contributed by atoms with Crippen molar-refractivity contribution in [1.82, 2.24) is 0 Å². The highest BCUT2D eigenvalue weighted by Gasteiger charge is 2.28.